The normalized spacial score (nSPS) is 11.2. The van der Waals surface area contributed by atoms with Gasteiger partial charge in [-0.1, -0.05) is 25.1 Å². The van der Waals surface area contributed by atoms with E-state index in [4.69, 9.17) is 4.74 Å². The van der Waals surface area contributed by atoms with Gasteiger partial charge in [-0.2, -0.15) is 0 Å². The average molecular weight is 339 g/mol. The largest absolute Gasteiger partial charge is 0.465 e. The van der Waals surface area contributed by atoms with Gasteiger partial charge in [0, 0.05) is 4.88 Å². The minimum atomic E-state index is -3.74. The summed E-state index contributed by atoms with van der Waals surface area (Å²) in [7, 11) is -2.46. The highest BCUT2D eigenvalue weighted by Crippen LogP contribution is 2.35. The van der Waals surface area contributed by atoms with E-state index >= 15 is 0 Å². The molecule has 2 aromatic rings. The molecule has 0 spiro atoms. The van der Waals surface area contributed by atoms with Crippen LogP contribution in [0.25, 0.3) is 0 Å². The van der Waals surface area contributed by atoms with Crippen molar-refractivity contribution in [2.45, 2.75) is 25.2 Å². The summed E-state index contributed by atoms with van der Waals surface area (Å²) >= 11 is 1.26. The average Bonchev–Trinajstić information content (AvgIpc) is 2.82. The topological polar surface area (TPSA) is 72.5 Å². The number of ether oxygens (including phenoxy) is 1. The number of nitrogens with one attached hydrogen (secondary N) is 1. The van der Waals surface area contributed by atoms with E-state index in [1.165, 1.54) is 30.6 Å². The lowest BCUT2D eigenvalue weighted by Gasteiger charge is -2.08. The molecule has 1 heterocycles. The smallest absolute Gasteiger partial charge is 0.341 e. The second-order valence-corrected chi connectivity index (χ2v) is 7.41. The number of hydrogen-bond acceptors (Lipinski definition) is 5. The Morgan fingerprint density at radius 2 is 1.91 bits per heavy atom. The van der Waals surface area contributed by atoms with Crippen LogP contribution < -0.4 is 4.72 Å². The molecule has 0 saturated carbocycles. The number of sulfonamides is 1. The van der Waals surface area contributed by atoms with Crippen LogP contribution in [0, 0.1) is 6.92 Å². The van der Waals surface area contributed by atoms with Gasteiger partial charge < -0.3 is 4.74 Å². The number of methoxy groups -OCH3 is 1. The SMILES string of the molecule is CCc1sc(NS(=O)(=O)c2ccccc2)c(C(=O)OC)c1C. The van der Waals surface area contributed by atoms with E-state index < -0.39 is 16.0 Å². The Balaban J connectivity index is 2.48. The van der Waals surface area contributed by atoms with Crippen molar-refractivity contribution in [1.29, 1.82) is 0 Å². The third-order valence-electron chi connectivity index (χ3n) is 3.24. The molecule has 0 amide bonds. The number of hydrogen-bond donors (Lipinski definition) is 1. The minimum Gasteiger partial charge on any atom is -0.465 e. The summed E-state index contributed by atoms with van der Waals surface area (Å²) in [6, 6.07) is 8.03. The molecule has 22 heavy (non-hydrogen) atoms. The molecular formula is C15H17NO4S2. The van der Waals surface area contributed by atoms with Crippen molar-refractivity contribution in [3.05, 3.63) is 46.3 Å². The molecule has 118 valence electrons. The van der Waals surface area contributed by atoms with Crippen LogP contribution in [0.15, 0.2) is 35.2 Å². The second-order valence-electron chi connectivity index (χ2n) is 4.62. The highest BCUT2D eigenvalue weighted by molar-refractivity contribution is 7.93. The maximum absolute atomic E-state index is 12.4. The zero-order chi connectivity index (χ0) is 16.3. The number of esters is 1. The number of thiophene rings is 1. The molecule has 0 aliphatic rings. The van der Waals surface area contributed by atoms with Crippen molar-refractivity contribution >= 4 is 32.3 Å². The first kappa shape index (κ1) is 16.5. The highest BCUT2D eigenvalue weighted by atomic mass is 32.2. The molecule has 0 fully saturated rings. The van der Waals surface area contributed by atoms with Crippen LogP contribution in [0.5, 0.6) is 0 Å². The fraction of sp³-hybridized carbons (Fsp3) is 0.267. The van der Waals surface area contributed by atoms with Gasteiger partial charge in [-0.25, -0.2) is 13.2 Å². The Morgan fingerprint density at radius 1 is 1.27 bits per heavy atom. The zero-order valence-corrected chi connectivity index (χ0v) is 14.2. The van der Waals surface area contributed by atoms with Gasteiger partial charge in [-0.3, -0.25) is 4.72 Å². The van der Waals surface area contributed by atoms with Crippen LogP contribution in [0.2, 0.25) is 0 Å². The molecule has 2 rings (SSSR count). The Morgan fingerprint density at radius 3 is 2.45 bits per heavy atom. The molecule has 0 radical (unpaired) electrons. The van der Waals surface area contributed by atoms with E-state index in [0.29, 0.717) is 11.4 Å². The van der Waals surface area contributed by atoms with Crippen LogP contribution in [0.4, 0.5) is 5.00 Å². The predicted molar refractivity (Wildman–Crippen MR) is 87.0 cm³/mol. The van der Waals surface area contributed by atoms with E-state index in [1.54, 1.807) is 25.1 Å². The van der Waals surface area contributed by atoms with E-state index in [1.807, 2.05) is 6.92 Å². The summed E-state index contributed by atoms with van der Waals surface area (Å²) in [5, 5.41) is 0.296. The first-order valence-electron chi connectivity index (χ1n) is 6.69. The Kier molecular flexibility index (Phi) is 4.87. The molecule has 5 nitrogen and oxygen atoms in total. The number of aryl methyl sites for hydroxylation is 1. The van der Waals surface area contributed by atoms with E-state index in [9.17, 15) is 13.2 Å². The van der Waals surface area contributed by atoms with Crippen LogP contribution in [0.3, 0.4) is 0 Å². The molecule has 1 aromatic heterocycles. The lowest BCUT2D eigenvalue weighted by molar-refractivity contribution is 0.0601. The summed E-state index contributed by atoms with van der Waals surface area (Å²) in [5.41, 5.74) is 1.04. The van der Waals surface area contributed by atoms with Crippen molar-refractivity contribution in [2.75, 3.05) is 11.8 Å². The van der Waals surface area contributed by atoms with Crippen LogP contribution in [-0.2, 0) is 21.2 Å². The first-order chi connectivity index (χ1) is 10.4. The van der Waals surface area contributed by atoms with Crippen LogP contribution in [-0.4, -0.2) is 21.5 Å². The molecule has 0 saturated heterocycles. The lowest BCUT2D eigenvalue weighted by atomic mass is 10.1. The van der Waals surface area contributed by atoms with Crippen LogP contribution >= 0.6 is 11.3 Å². The third kappa shape index (κ3) is 3.15. The monoisotopic (exact) mass is 339 g/mol. The van der Waals surface area contributed by atoms with Gasteiger partial charge in [0.25, 0.3) is 10.0 Å². The number of carbonyl (C=O) groups excluding carboxylic acids is 1. The molecule has 7 heteroatoms. The fourth-order valence-electron chi connectivity index (χ4n) is 2.10. The van der Waals surface area contributed by atoms with Gasteiger partial charge >= 0.3 is 5.97 Å². The number of carbonyl (C=O) groups is 1. The Hall–Kier alpha value is -1.86. The third-order valence-corrected chi connectivity index (χ3v) is 6.08. The van der Waals surface area contributed by atoms with Gasteiger partial charge in [0.1, 0.15) is 5.00 Å². The molecule has 0 aliphatic heterocycles. The maximum atomic E-state index is 12.4. The molecule has 1 aromatic carbocycles. The van der Waals surface area contributed by atoms with Crippen molar-refractivity contribution in [1.82, 2.24) is 0 Å². The first-order valence-corrected chi connectivity index (χ1v) is 8.99. The summed E-state index contributed by atoms with van der Waals surface area (Å²) in [6.07, 6.45) is 0.716. The summed E-state index contributed by atoms with van der Waals surface area (Å²) < 4.78 is 32.1. The maximum Gasteiger partial charge on any atom is 0.341 e. The quantitative estimate of drug-likeness (QED) is 0.849. The van der Waals surface area contributed by atoms with Gasteiger partial charge in [0.2, 0.25) is 0 Å². The number of anilines is 1. The van der Waals surface area contributed by atoms with Gasteiger partial charge in [-0.15, -0.1) is 11.3 Å². The fourth-order valence-corrected chi connectivity index (χ4v) is 4.56. The highest BCUT2D eigenvalue weighted by Gasteiger charge is 2.25. The molecular weight excluding hydrogens is 322 g/mol. The summed E-state index contributed by atoms with van der Waals surface area (Å²) in [5.74, 6) is -0.542. The molecule has 0 aliphatic carbocycles. The van der Waals surface area contributed by atoms with E-state index in [0.717, 1.165) is 10.4 Å². The van der Waals surface area contributed by atoms with Crippen molar-refractivity contribution in [3.63, 3.8) is 0 Å². The lowest BCUT2D eigenvalue weighted by Crippen LogP contribution is -2.14. The second kappa shape index (κ2) is 6.50. The van der Waals surface area contributed by atoms with Gasteiger partial charge in [0.15, 0.2) is 0 Å². The van der Waals surface area contributed by atoms with Crippen molar-refractivity contribution in [2.24, 2.45) is 0 Å². The Bertz CT molecular complexity index is 779. The standard InChI is InChI=1S/C15H17NO4S2/c1-4-12-10(2)13(15(17)20-3)14(21-12)16-22(18,19)11-8-6-5-7-9-11/h5-9,16H,4H2,1-3H3. The van der Waals surface area contributed by atoms with E-state index in [-0.39, 0.29) is 10.5 Å². The minimum absolute atomic E-state index is 0.148. The molecule has 0 bridgehead atoms. The predicted octanol–water partition coefficient (Wildman–Crippen LogP) is 3.21. The van der Waals surface area contributed by atoms with Crippen LogP contribution in [0.1, 0.15) is 27.7 Å². The number of rotatable bonds is 5. The van der Waals surface area contributed by atoms with Crippen molar-refractivity contribution in [3.8, 4) is 0 Å². The Labute approximate surface area is 134 Å². The van der Waals surface area contributed by atoms with Gasteiger partial charge in [-0.05, 0) is 31.0 Å². The summed E-state index contributed by atoms with van der Waals surface area (Å²) in [4.78, 5) is 13.1. The van der Waals surface area contributed by atoms with E-state index in [2.05, 4.69) is 4.72 Å². The number of benzene rings is 1. The molecule has 1 N–H and O–H groups in total. The summed E-state index contributed by atoms with van der Waals surface area (Å²) in [6.45, 7) is 3.75. The zero-order valence-electron chi connectivity index (χ0n) is 12.5. The van der Waals surface area contributed by atoms with Gasteiger partial charge in [0.05, 0.1) is 17.6 Å². The van der Waals surface area contributed by atoms with Crippen molar-refractivity contribution < 1.29 is 17.9 Å². The molecule has 0 atom stereocenters. The molecule has 0 unspecified atom stereocenters.